The Kier molecular flexibility index (Phi) is 13.2. The van der Waals surface area contributed by atoms with Crippen molar-refractivity contribution in [2.45, 2.75) is 98.3 Å². The number of nitrogens with one attached hydrogen (secondary N) is 1. The van der Waals surface area contributed by atoms with E-state index in [2.05, 4.69) is 12.2 Å². The van der Waals surface area contributed by atoms with E-state index < -0.39 is 30.2 Å². The predicted octanol–water partition coefficient (Wildman–Crippen LogP) is 5.12. The molecule has 0 spiro atoms. The first kappa shape index (κ1) is 28.5. The predicted molar refractivity (Wildman–Crippen MR) is 128 cm³/mol. The molecule has 186 valence electrons. The number of carbonyl (C=O) groups excluding carboxylic acids is 3. The van der Waals surface area contributed by atoms with E-state index in [1.54, 1.807) is 0 Å². The summed E-state index contributed by atoms with van der Waals surface area (Å²) in [5.41, 5.74) is 0.675. The van der Waals surface area contributed by atoms with Crippen LogP contribution in [-0.2, 0) is 23.9 Å². The van der Waals surface area contributed by atoms with Gasteiger partial charge in [-0.15, -0.1) is 0 Å². The van der Waals surface area contributed by atoms with Gasteiger partial charge in [-0.25, -0.2) is 0 Å². The van der Waals surface area contributed by atoms with E-state index in [0.717, 1.165) is 18.6 Å². The number of rotatable bonds is 15. The molecule has 3 atom stereocenters. The molecule has 0 aliphatic carbocycles. The highest BCUT2D eigenvalue weighted by atomic mass is 16.6. The van der Waals surface area contributed by atoms with Crippen molar-refractivity contribution in [1.29, 1.82) is 0 Å². The molecule has 7 nitrogen and oxygen atoms in total. The van der Waals surface area contributed by atoms with Crippen LogP contribution in [0.2, 0.25) is 0 Å². The molecule has 1 N–H and O–H groups in total. The Hall–Kier alpha value is -2.57. The first-order valence-electron chi connectivity index (χ1n) is 12.0. The van der Waals surface area contributed by atoms with Crippen LogP contribution in [0.5, 0.6) is 5.75 Å². The van der Waals surface area contributed by atoms with Crippen LogP contribution in [0.3, 0.4) is 0 Å². The standard InChI is InChI=1S/C26H41NO6/c1-7-8-9-10-11-12-17-31-23-15-13-22(14-16-23)26(33-21(6)30)24(27-19(4)28)25(18(2)3)32-20(5)29/h13-16,18,24-26H,7-12,17H2,1-6H3,(H,27,28). The highest BCUT2D eigenvalue weighted by molar-refractivity contribution is 5.74. The Bertz CT molecular complexity index is 731. The quantitative estimate of drug-likeness (QED) is 0.287. The van der Waals surface area contributed by atoms with E-state index in [1.807, 2.05) is 38.1 Å². The van der Waals surface area contributed by atoms with Gasteiger partial charge in [0.25, 0.3) is 0 Å². The molecule has 0 fully saturated rings. The van der Waals surface area contributed by atoms with Gasteiger partial charge < -0.3 is 19.5 Å². The normalized spacial score (nSPS) is 13.7. The third kappa shape index (κ3) is 11.2. The molecule has 1 rings (SSSR count). The van der Waals surface area contributed by atoms with Crippen molar-refractivity contribution in [2.75, 3.05) is 6.61 Å². The van der Waals surface area contributed by atoms with Crippen LogP contribution in [0.1, 0.15) is 91.7 Å². The van der Waals surface area contributed by atoms with Crippen LogP contribution in [0, 0.1) is 5.92 Å². The SMILES string of the molecule is CCCCCCCCOc1ccc(C(OC(C)=O)C(NC(C)=O)C(OC(C)=O)C(C)C)cc1. The number of unbranched alkanes of at least 4 members (excludes halogenated alkanes) is 5. The van der Waals surface area contributed by atoms with E-state index in [4.69, 9.17) is 14.2 Å². The molecule has 0 aliphatic rings. The zero-order valence-corrected chi connectivity index (χ0v) is 21.0. The highest BCUT2D eigenvalue weighted by Gasteiger charge is 2.37. The molecule has 0 heterocycles. The van der Waals surface area contributed by atoms with E-state index in [1.165, 1.54) is 46.5 Å². The van der Waals surface area contributed by atoms with Crippen LogP contribution in [0.25, 0.3) is 0 Å². The molecule has 0 saturated carbocycles. The van der Waals surface area contributed by atoms with Gasteiger partial charge in [-0.1, -0.05) is 65.0 Å². The zero-order valence-electron chi connectivity index (χ0n) is 21.0. The van der Waals surface area contributed by atoms with Crippen molar-refractivity contribution >= 4 is 17.8 Å². The summed E-state index contributed by atoms with van der Waals surface area (Å²) >= 11 is 0. The van der Waals surface area contributed by atoms with Crippen molar-refractivity contribution < 1.29 is 28.6 Å². The van der Waals surface area contributed by atoms with E-state index in [9.17, 15) is 14.4 Å². The van der Waals surface area contributed by atoms with E-state index in [-0.39, 0.29) is 11.8 Å². The number of hydrogen-bond acceptors (Lipinski definition) is 6. The van der Waals surface area contributed by atoms with Crippen LogP contribution < -0.4 is 10.1 Å². The van der Waals surface area contributed by atoms with Gasteiger partial charge in [0.05, 0.1) is 6.61 Å². The van der Waals surface area contributed by atoms with Gasteiger partial charge in [0, 0.05) is 20.8 Å². The number of amides is 1. The number of benzene rings is 1. The van der Waals surface area contributed by atoms with Crippen molar-refractivity contribution in [2.24, 2.45) is 5.92 Å². The summed E-state index contributed by atoms with van der Waals surface area (Å²) < 4.78 is 17.0. The summed E-state index contributed by atoms with van der Waals surface area (Å²) in [6.07, 6.45) is 5.65. The third-order valence-corrected chi connectivity index (χ3v) is 5.28. The molecule has 0 radical (unpaired) electrons. The maximum absolute atomic E-state index is 12.0. The average molecular weight is 464 g/mol. The molecule has 33 heavy (non-hydrogen) atoms. The Balaban J connectivity index is 2.98. The van der Waals surface area contributed by atoms with Crippen molar-refractivity contribution in [1.82, 2.24) is 5.32 Å². The van der Waals surface area contributed by atoms with Crippen molar-refractivity contribution in [3.05, 3.63) is 29.8 Å². The number of ether oxygens (including phenoxy) is 3. The minimum Gasteiger partial charge on any atom is -0.494 e. The highest BCUT2D eigenvalue weighted by Crippen LogP contribution is 2.29. The third-order valence-electron chi connectivity index (χ3n) is 5.28. The molecule has 1 aromatic carbocycles. The lowest BCUT2D eigenvalue weighted by Crippen LogP contribution is -2.51. The first-order valence-corrected chi connectivity index (χ1v) is 12.0. The van der Waals surface area contributed by atoms with Crippen LogP contribution >= 0.6 is 0 Å². The molecular formula is C26H41NO6. The van der Waals surface area contributed by atoms with Crippen LogP contribution in [0.15, 0.2) is 24.3 Å². The zero-order chi connectivity index (χ0) is 24.8. The Morgan fingerprint density at radius 3 is 1.94 bits per heavy atom. The molecule has 0 bridgehead atoms. The fourth-order valence-corrected chi connectivity index (χ4v) is 3.73. The molecule has 0 aliphatic heterocycles. The minimum absolute atomic E-state index is 0.122. The van der Waals surface area contributed by atoms with Crippen molar-refractivity contribution in [3.63, 3.8) is 0 Å². The van der Waals surface area contributed by atoms with Gasteiger partial charge in [-0.2, -0.15) is 0 Å². The number of esters is 2. The van der Waals surface area contributed by atoms with Gasteiger partial charge in [0.15, 0.2) is 6.10 Å². The smallest absolute Gasteiger partial charge is 0.303 e. The minimum atomic E-state index is -0.828. The summed E-state index contributed by atoms with van der Waals surface area (Å²) in [5, 5.41) is 2.82. The van der Waals surface area contributed by atoms with E-state index >= 15 is 0 Å². The Morgan fingerprint density at radius 2 is 1.42 bits per heavy atom. The number of hydrogen-bond donors (Lipinski definition) is 1. The summed E-state index contributed by atoms with van der Waals surface area (Å²) in [5.74, 6) is -0.670. The van der Waals surface area contributed by atoms with Gasteiger partial charge in [-0.05, 0) is 30.0 Å². The van der Waals surface area contributed by atoms with E-state index in [0.29, 0.717) is 12.2 Å². The van der Waals surface area contributed by atoms with Gasteiger partial charge in [-0.3, -0.25) is 14.4 Å². The molecule has 1 aromatic rings. The second-order valence-corrected chi connectivity index (χ2v) is 8.76. The fraction of sp³-hybridized carbons (Fsp3) is 0.654. The lowest BCUT2D eigenvalue weighted by Gasteiger charge is -2.35. The van der Waals surface area contributed by atoms with Crippen LogP contribution in [0.4, 0.5) is 0 Å². The maximum atomic E-state index is 12.0. The van der Waals surface area contributed by atoms with Gasteiger partial charge >= 0.3 is 11.9 Å². The summed E-state index contributed by atoms with van der Waals surface area (Å²) in [7, 11) is 0. The number of carbonyl (C=O) groups is 3. The largest absolute Gasteiger partial charge is 0.494 e. The molecule has 7 heteroatoms. The Labute approximate surface area is 198 Å². The van der Waals surface area contributed by atoms with Crippen molar-refractivity contribution in [3.8, 4) is 5.75 Å². The Morgan fingerprint density at radius 1 is 0.848 bits per heavy atom. The summed E-state index contributed by atoms with van der Waals surface area (Å²) in [6.45, 7) is 10.6. The molecule has 1 amide bonds. The monoisotopic (exact) mass is 463 g/mol. The average Bonchev–Trinajstić information content (AvgIpc) is 2.74. The molecule has 3 unspecified atom stereocenters. The fourth-order valence-electron chi connectivity index (χ4n) is 3.73. The molecule has 0 saturated heterocycles. The molecular weight excluding hydrogens is 422 g/mol. The second kappa shape index (κ2) is 15.3. The summed E-state index contributed by atoms with van der Waals surface area (Å²) in [6, 6.07) is 6.52. The summed E-state index contributed by atoms with van der Waals surface area (Å²) in [4.78, 5) is 35.6. The van der Waals surface area contributed by atoms with Gasteiger partial charge in [0.1, 0.15) is 17.9 Å². The maximum Gasteiger partial charge on any atom is 0.303 e. The lowest BCUT2D eigenvalue weighted by molar-refractivity contribution is -0.160. The second-order valence-electron chi connectivity index (χ2n) is 8.76. The topological polar surface area (TPSA) is 90.9 Å². The molecule has 0 aromatic heterocycles. The lowest BCUT2D eigenvalue weighted by atomic mass is 9.91. The van der Waals surface area contributed by atoms with Gasteiger partial charge in [0.2, 0.25) is 5.91 Å². The van der Waals surface area contributed by atoms with Crippen LogP contribution in [-0.4, -0.2) is 36.6 Å². The first-order chi connectivity index (χ1) is 15.6.